The maximum Gasteiger partial charge on any atom is 0.0978 e. The molecular weight excluding hydrogens is 148 g/mol. The van der Waals surface area contributed by atoms with Gasteiger partial charge in [-0.3, -0.25) is 0 Å². The van der Waals surface area contributed by atoms with Gasteiger partial charge in [0.15, 0.2) is 0 Å². The van der Waals surface area contributed by atoms with Crippen molar-refractivity contribution >= 4 is 0 Å². The van der Waals surface area contributed by atoms with Crippen molar-refractivity contribution in [2.45, 2.75) is 58.5 Å². The minimum atomic E-state index is 0.526. The van der Waals surface area contributed by atoms with Crippen LogP contribution in [-0.4, -0.2) is 6.10 Å². The van der Waals surface area contributed by atoms with Crippen molar-refractivity contribution in [3.63, 3.8) is 0 Å². The maximum atomic E-state index is 5.68. The predicted molar refractivity (Wildman–Crippen MR) is 52.0 cm³/mol. The van der Waals surface area contributed by atoms with E-state index in [0.29, 0.717) is 6.10 Å². The van der Waals surface area contributed by atoms with Gasteiger partial charge in [-0.1, -0.05) is 13.8 Å². The van der Waals surface area contributed by atoms with Gasteiger partial charge < -0.3 is 4.74 Å². The lowest BCUT2D eigenvalue weighted by Gasteiger charge is -2.09. The summed E-state index contributed by atoms with van der Waals surface area (Å²) in [5, 5.41) is 0. The molecule has 1 saturated carbocycles. The van der Waals surface area contributed by atoms with Gasteiger partial charge in [-0.2, -0.15) is 0 Å². The molecule has 0 aromatic carbocycles. The second-order valence-corrected chi connectivity index (χ2v) is 3.53. The van der Waals surface area contributed by atoms with Crippen LogP contribution in [0.3, 0.4) is 0 Å². The standard InChI is InChI=1S/C11H20O/c1-3-10(4-2)9-12-11-7-5-6-8-11/h9,11H,3-8H2,1-2H3. The second kappa shape index (κ2) is 5.23. The van der Waals surface area contributed by atoms with Gasteiger partial charge >= 0.3 is 0 Å². The van der Waals surface area contributed by atoms with Gasteiger partial charge in [0.1, 0.15) is 0 Å². The van der Waals surface area contributed by atoms with E-state index in [1.165, 1.54) is 31.3 Å². The Kier molecular flexibility index (Phi) is 4.20. The summed E-state index contributed by atoms with van der Waals surface area (Å²) in [7, 11) is 0. The van der Waals surface area contributed by atoms with Crippen LogP contribution in [0, 0.1) is 0 Å². The molecule has 0 unspecified atom stereocenters. The van der Waals surface area contributed by atoms with Gasteiger partial charge in [0.25, 0.3) is 0 Å². The molecule has 0 aromatic heterocycles. The van der Waals surface area contributed by atoms with E-state index in [1.54, 1.807) is 0 Å². The first kappa shape index (κ1) is 9.63. The van der Waals surface area contributed by atoms with E-state index in [4.69, 9.17) is 4.74 Å². The van der Waals surface area contributed by atoms with Crippen LogP contribution in [0.5, 0.6) is 0 Å². The lowest BCUT2D eigenvalue weighted by atomic mass is 10.2. The largest absolute Gasteiger partial charge is 0.498 e. The van der Waals surface area contributed by atoms with Crippen molar-refractivity contribution in [1.29, 1.82) is 0 Å². The van der Waals surface area contributed by atoms with Crippen molar-refractivity contribution in [3.8, 4) is 0 Å². The topological polar surface area (TPSA) is 9.23 Å². The van der Waals surface area contributed by atoms with Gasteiger partial charge in [0.2, 0.25) is 0 Å². The summed E-state index contributed by atoms with van der Waals surface area (Å²) in [6.07, 6.45) is 10.0. The average Bonchev–Trinajstić information content (AvgIpc) is 2.59. The number of allylic oxidation sites excluding steroid dienone is 1. The predicted octanol–water partition coefficient (Wildman–Crippen LogP) is 3.65. The summed E-state index contributed by atoms with van der Waals surface area (Å²) in [4.78, 5) is 0. The molecule has 1 heteroatoms. The fourth-order valence-electron chi connectivity index (χ4n) is 1.63. The normalized spacial score (nSPS) is 17.8. The Morgan fingerprint density at radius 1 is 1.25 bits per heavy atom. The Hall–Kier alpha value is -0.460. The van der Waals surface area contributed by atoms with Crippen LogP contribution in [0.4, 0.5) is 0 Å². The minimum absolute atomic E-state index is 0.526. The Labute approximate surface area is 75.8 Å². The Bertz CT molecular complexity index is 137. The third kappa shape index (κ3) is 2.88. The van der Waals surface area contributed by atoms with Crippen LogP contribution in [-0.2, 0) is 4.74 Å². The molecule has 0 N–H and O–H groups in total. The first-order valence-corrected chi connectivity index (χ1v) is 5.20. The zero-order valence-corrected chi connectivity index (χ0v) is 8.31. The molecule has 1 aliphatic carbocycles. The smallest absolute Gasteiger partial charge is 0.0978 e. The monoisotopic (exact) mass is 168 g/mol. The fourth-order valence-corrected chi connectivity index (χ4v) is 1.63. The zero-order valence-electron chi connectivity index (χ0n) is 8.31. The molecule has 0 spiro atoms. The van der Waals surface area contributed by atoms with Crippen LogP contribution in [0.1, 0.15) is 52.4 Å². The van der Waals surface area contributed by atoms with Crippen LogP contribution in [0.2, 0.25) is 0 Å². The molecule has 1 nitrogen and oxygen atoms in total. The van der Waals surface area contributed by atoms with Crippen LogP contribution >= 0.6 is 0 Å². The third-order valence-electron chi connectivity index (χ3n) is 2.64. The molecule has 0 radical (unpaired) electrons. The molecule has 0 aromatic rings. The summed E-state index contributed by atoms with van der Waals surface area (Å²) >= 11 is 0. The first-order valence-electron chi connectivity index (χ1n) is 5.20. The van der Waals surface area contributed by atoms with Gasteiger partial charge in [0.05, 0.1) is 12.4 Å². The quantitative estimate of drug-likeness (QED) is 0.582. The van der Waals surface area contributed by atoms with E-state index in [-0.39, 0.29) is 0 Å². The van der Waals surface area contributed by atoms with Gasteiger partial charge in [-0.15, -0.1) is 0 Å². The van der Waals surface area contributed by atoms with Crippen LogP contribution in [0.15, 0.2) is 11.8 Å². The first-order chi connectivity index (χ1) is 5.86. The highest BCUT2D eigenvalue weighted by molar-refractivity contribution is 4.95. The molecule has 0 heterocycles. The number of rotatable bonds is 4. The highest BCUT2D eigenvalue weighted by Gasteiger charge is 2.14. The molecule has 1 fully saturated rings. The van der Waals surface area contributed by atoms with Crippen LogP contribution in [0.25, 0.3) is 0 Å². The van der Waals surface area contributed by atoms with Crippen LogP contribution < -0.4 is 0 Å². The fraction of sp³-hybridized carbons (Fsp3) is 0.818. The minimum Gasteiger partial charge on any atom is -0.498 e. The van der Waals surface area contributed by atoms with E-state index in [9.17, 15) is 0 Å². The van der Waals surface area contributed by atoms with E-state index in [2.05, 4.69) is 13.8 Å². The average molecular weight is 168 g/mol. The molecule has 0 saturated heterocycles. The Balaban J connectivity index is 2.25. The number of ether oxygens (including phenoxy) is 1. The molecule has 12 heavy (non-hydrogen) atoms. The highest BCUT2D eigenvalue weighted by atomic mass is 16.5. The second-order valence-electron chi connectivity index (χ2n) is 3.53. The molecule has 0 bridgehead atoms. The van der Waals surface area contributed by atoms with E-state index >= 15 is 0 Å². The van der Waals surface area contributed by atoms with Crippen molar-refractivity contribution in [3.05, 3.63) is 11.8 Å². The summed E-state index contributed by atoms with van der Waals surface area (Å²) in [6.45, 7) is 4.38. The lowest BCUT2D eigenvalue weighted by Crippen LogP contribution is -2.02. The van der Waals surface area contributed by atoms with E-state index < -0.39 is 0 Å². The zero-order chi connectivity index (χ0) is 8.81. The maximum absolute atomic E-state index is 5.68. The molecule has 0 atom stereocenters. The third-order valence-corrected chi connectivity index (χ3v) is 2.64. The van der Waals surface area contributed by atoms with Crippen molar-refractivity contribution in [2.24, 2.45) is 0 Å². The summed E-state index contributed by atoms with van der Waals surface area (Å²) < 4.78 is 5.68. The summed E-state index contributed by atoms with van der Waals surface area (Å²) in [5.41, 5.74) is 1.43. The Morgan fingerprint density at radius 3 is 2.33 bits per heavy atom. The van der Waals surface area contributed by atoms with Gasteiger partial charge in [-0.05, 0) is 44.1 Å². The van der Waals surface area contributed by atoms with E-state index in [0.717, 1.165) is 12.8 Å². The Morgan fingerprint density at radius 2 is 1.83 bits per heavy atom. The molecule has 1 rings (SSSR count). The SMILES string of the molecule is CCC(=COC1CCCC1)CC. The number of hydrogen-bond donors (Lipinski definition) is 0. The molecule has 0 amide bonds. The van der Waals surface area contributed by atoms with Crippen molar-refractivity contribution in [1.82, 2.24) is 0 Å². The summed E-state index contributed by atoms with van der Waals surface area (Å²) in [5.74, 6) is 0. The molecular formula is C11H20O. The van der Waals surface area contributed by atoms with Gasteiger partial charge in [-0.25, -0.2) is 0 Å². The highest BCUT2D eigenvalue weighted by Crippen LogP contribution is 2.21. The summed E-state index contributed by atoms with van der Waals surface area (Å²) in [6, 6.07) is 0. The number of hydrogen-bond acceptors (Lipinski definition) is 1. The molecule has 0 aliphatic heterocycles. The molecule has 70 valence electrons. The lowest BCUT2D eigenvalue weighted by molar-refractivity contribution is 0.148. The van der Waals surface area contributed by atoms with E-state index in [1.807, 2.05) is 6.26 Å². The molecule has 1 aliphatic rings. The van der Waals surface area contributed by atoms with Crippen molar-refractivity contribution in [2.75, 3.05) is 0 Å². The van der Waals surface area contributed by atoms with Gasteiger partial charge in [0, 0.05) is 0 Å². The van der Waals surface area contributed by atoms with Crippen molar-refractivity contribution < 1.29 is 4.74 Å².